The maximum Gasteiger partial charge on any atom is 0.272 e. The SMILES string of the molecule is C[N+](C)(CC(N)=O)C1CC1. The van der Waals surface area contributed by atoms with Crippen molar-refractivity contribution in [3.8, 4) is 0 Å². The van der Waals surface area contributed by atoms with Gasteiger partial charge in [0.1, 0.15) is 0 Å². The normalized spacial score (nSPS) is 19.0. The Morgan fingerprint density at radius 1 is 1.60 bits per heavy atom. The van der Waals surface area contributed by atoms with Gasteiger partial charge in [-0.3, -0.25) is 4.79 Å². The molecule has 0 saturated heterocycles. The highest BCUT2D eigenvalue weighted by Gasteiger charge is 2.38. The third-order valence-electron chi connectivity index (χ3n) is 2.10. The molecule has 0 aromatic carbocycles. The molecule has 1 amide bonds. The Kier molecular flexibility index (Phi) is 1.68. The zero-order valence-corrected chi connectivity index (χ0v) is 6.63. The molecule has 2 N–H and O–H groups in total. The van der Waals surface area contributed by atoms with Gasteiger partial charge < -0.3 is 10.2 Å². The van der Waals surface area contributed by atoms with E-state index in [0.717, 1.165) is 4.48 Å². The molecule has 10 heavy (non-hydrogen) atoms. The van der Waals surface area contributed by atoms with E-state index in [1.54, 1.807) is 0 Å². The average molecular weight is 143 g/mol. The summed E-state index contributed by atoms with van der Waals surface area (Å²) in [5, 5.41) is 0. The molecule has 1 saturated carbocycles. The average Bonchev–Trinajstić information content (AvgIpc) is 2.35. The van der Waals surface area contributed by atoms with Crippen LogP contribution in [0.4, 0.5) is 0 Å². The summed E-state index contributed by atoms with van der Waals surface area (Å²) in [5.74, 6) is -0.197. The van der Waals surface area contributed by atoms with Crippen LogP contribution in [0.15, 0.2) is 0 Å². The minimum absolute atomic E-state index is 0.197. The number of carbonyl (C=O) groups is 1. The largest absolute Gasteiger partial charge is 0.365 e. The van der Waals surface area contributed by atoms with Gasteiger partial charge in [0.25, 0.3) is 5.91 Å². The van der Waals surface area contributed by atoms with E-state index in [4.69, 9.17) is 5.73 Å². The lowest BCUT2D eigenvalue weighted by atomic mass is 10.4. The molecule has 1 rings (SSSR count). The Bertz CT molecular complexity index is 150. The van der Waals surface area contributed by atoms with Gasteiger partial charge in [-0.1, -0.05) is 0 Å². The minimum atomic E-state index is -0.197. The zero-order valence-electron chi connectivity index (χ0n) is 6.63. The number of nitrogens with two attached hydrogens (primary N) is 1. The molecule has 0 atom stereocenters. The van der Waals surface area contributed by atoms with Crippen LogP contribution in [0.25, 0.3) is 0 Å². The number of likely N-dealkylation sites (N-methyl/N-ethyl adjacent to an activating group) is 1. The van der Waals surface area contributed by atoms with Crippen LogP contribution in [-0.2, 0) is 4.79 Å². The van der Waals surface area contributed by atoms with Crippen molar-refractivity contribution < 1.29 is 9.28 Å². The van der Waals surface area contributed by atoms with Crippen molar-refractivity contribution in [2.24, 2.45) is 5.73 Å². The zero-order chi connectivity index (χ0) is 7.78. The number of amides is 1. The highest BCUT2D eigenvalue weighted by Crippen LogP contribution is 2.29. The molecular formula is C7H15N2O+. The number of quaternary nitrogens is 1. The Balaban J connectivity index is 2.41. The number of hydrogen-bond acceptors (Lipinski definition) is 1. The lowest BCUT2D eigenvalue weighted by molar-refractivity contribution is -0.893. The molecule has 0 radical (unpaired) electrons. The Hall–Kier alpha value is -0.570. The monoisotopic (exact) mass is 143 g/mol. The highest BCUT2D eigenvalue weighted by molar-refractivity contribution is 5.74. The lowest BCUT2D eigenvalue weighted by Crippen LogP contribution is -2.47. The first-order chi connectivity index (χ1) is 4.52. The van der Waals surface area contributed by atoms with E-state index in [0.29, 0.717) is 12.6 Å². The van der Waals surface area contributed by atoms with Crippen molar-refractivity contribution >= 4 is 5.91 Å². The van der Waals surface area contributed by atoms with E-state index >= 15 is 0 Å². The minimum Gasteiger partial charge on any atom is -0.365 e. The van der Waals surface area contributed by atoms with Crippen LogP contribution in [0.1, 0.15) is 12.8 Å². The fraction of sp³-hybridized carbons (Fsp3) is 0.857. The predicted octanol–water partition coefficient (Wildman–Crippen LogP) is -0.290. The van der Waals surface area contributed by atoms with Gasteiger partial charge in [-0.05, 0) is 0 Å². The maximum absolute atomic E-state index is 10.6. The van der Waals surface area contributed by atoms with E-state index in [1.807, 2.05) is 0 Å². The van der Waals surface area contributed by atoms with Gasteiger partial charge in [-0.25, -0.2) is 0 Å². The summed E-state index contributed by atoms with van der Waals surface area (Å²) in [7, 11) is 4.12. The van der Waals surface area contributed by atoms with Crippen LogP contribution in [0.3, 0.4) is 0 Å². The molecule has 0 aliphatic heterocycles. The molecule has 0 aromatic heterocycles. The first kappa shape index (κ1) is 7.54. The van der Waals surface area contributed by atoms with Crippen LogP contribution in [0.2, 0.25) is 0 Å². The van der Waals surface area contributed by atoms with Gasteiger partial charge in [-0.15, -0.1) is 0 Å². The smallest absolute Gasteiger partial charge is 0.272 e. The van der Waals surface area contributed by atoms with Crippen LogP contribution in [0.5, 0.6) is 0 Å². The van der Waals surface area contributed by atoms with Crippen molar-refractivity contribution in [2.45, 2.75) is 18.9 Å². The summed E-state index contributed by atoms with van der Waals surface area (Å²) >= 11 is 0. The van der Waals surface area contributed by atoms with Crippen molar-refractivity contribution in [1.29, 1.82) is 0 Å². The second kappa shape index (κ2) is 2.23. The Morgan fingerprint density at radius 2 is 2.10 bits per heavy atom. The van der Waals surface area contributed by atoms with E-state index in [-0.39, 0.29) is 5.91 Å². The maximum atomic E-state index is 10.6. The topological polar surface area (TPSA) is 43.1 Å². The Morgan fingerprint density at radius 3 is 2.40 bits per heavy atom. The Labute approximate surface area is 61.4 Å². The van der Waals surface area contributed by atoms with Gasteiger partial charge in [0, 0.05) is 12.8 Å². The van der Waals surface area contributed by atoms with Gasteiger partial charge in [0.15, 0.2) is 6.54 Å². The van der Waals surface area contributed by atoms with Gasteiger partial charge in [0.2, 0.25) is 0 Å². The third-order valence-corrected chi connectivity index (χ3v) is 2.10. The predicted molar refractivity (Wildman–Crippen MR) is 39.2 cm³/mol. The second-order valence-electron chi connectivity index (χ2n) is 3.63. The molecule has 3 nitrogen and oxygen atoms in total. The van der Waals surface area contributed by atoms with E-state index in [1.165, 1.54) is 12.8 Å². The summed E-state index contributed by atoms with van der Waals surface area (Å²) in [4.78, 5) is 10.6. The fourth-order valence-electron chi connectivity index (χ4n) is 1.30. The molecule has 1 aliphatic rings. The van der Waals surface area contributed by atoms with E-state index in [2.05, 4.69) is 14.1 Å². The standard InChI is InChI=1S/C7H14N2O/c1-9(2,5-7(8)10)6-3-4-6/h6H,3-5H2,1-2H3,(H-,8,10)/p+1. The molecule has 0 spiro atoms. The molecule has 0 unspecified atom stereocenters. The molecule has 1 aliphatic carbocycles. The van der Waals surface area contributed by atoms with Crippen molar-refractivity contribution in [2.75, 3.05) is 20.6 Å². The lowest BCUT2D eigenvalue weighted by Gasteiger charge is -2.27. The summed E-state index contributed by atoms with van der Waals surface area (Å²) in [5.41, 5.74) is 5.09. The number of nitrogens with zero attached hydrogens (tertiary/aromatic N) is 1. The highest BCUT2D eigenvalue weighted by atomic mass is 16.1. The van der Waals surface area contributed by atoms with Gasteiger partial charge >= 0.3 is 0 Å². The van der Waals surface area contributed by atoms with Crippen LogP contribution < -0.4 is 5.73 Å². The van der Waals surface area contributed by atoms with Crippen molar-refractivity contribution in [1.82, 2.24) is 0 Å². The molecule has 3 heteroatoms. The quantitative estimate of drug-likeness (QED) is 0.542. The summed E-state index contributed by atoms with van der Waals surface area (Å²) in [6, 6.07) is 0.687. The molecule has 0 heterocycles. The fourth-order valence-corrected chi connectivity index (χ4v) is 1.30. The van der Waals surface area contributed by atoms with Crippen LogP contribution in [-0.4, -0.2) is 37.1 Å². The first-order valence-corrected chi connectivity index (χ1v) is 3.63. The number of carbonyl (C=O) groups excluding carboxylic acids is 1. The molecular weight excluding hydrogens is 128 g/mol. The van der Waals surface area contributed by atoms with Crippen LogP contribution >= 0.6 is 0 Å². The van der Waals surface area contributed by atoms with Gasteiger partial charge in [0.05, 0.1) is 20.1 Å². The second-order valence-corrected chi connectivity index (χ2v) is 3.63. The van der Waals surface area contributed by atoms with E-state index in [9.17, 15) is 4.79 Å². The molecule has 58 valence electrons. The summed E-state index contributed by atoms with van der Waals surface area (Å²) in [6.07, 6.45) is 2.50. The summed E-state index contributed by atoms with van der Waals surface area (Å²) in [6.45, 7) is 0.477. The van der Waals surface area contributed by atoms with Gasteiger partial charge in [-0.2, -0.15) is 0 Å². The molecule has 1 fully saturated rings. The van der Waals surface area contributed by atoms with E-state index < -0.39 is 0 Å². The van der Waals surface area contributed by atoms with Crippen molar-refractivity contribution in [3.05, 3.63) is 0 Å². The number of hydrogen-bond donors (Lipinski definition) is 1. The third kappa shape index (κ3) is 1.70. The molecule has 0 aromatic rings. The summed E-state index contributed by atoms with van der Waals surface area (Å²) < 4.78 is 0.773. The number of rotatable bonds is 3. The van der Waals surface area contributed by atoms with Crippen LogP contribution in [0, 0.1) is 0 Å². The van der Waals surface area contributed by atoms with Crippen molar-refractivity contribution in [3.63, 3.8) is 0 Å². The first-order valence-electron chi connectivity index (χ1n) is 3.63. The molecule has 0 bridgehead atoms. The number of primary amides is 1.